The third-order valence-corrected chi connectivity index (χ3v) is 2.01. The molecule has 6 nitrogen and oxygen atoms in total. The molecule has 0 saturated heterocycles. The van der Waals surface area contributed by atoms with Gasteiger partial charge in [0.2, 0.25) is 0 Å². The van der Waals surface area contributed by atoms with Crippen LogP contribution in [0.25, 0.3) is 0 Å². The van der Waals surface area contributed by atoms with E-state index in [1.54, 1.807) is 6.07 Å². The fourth-order valence-electron chi connectivity index (χ4n) is 1.25. The SMILES string of the molecule is CCCc1cc(C(=O)NCCC(=O)O)n[nH]1. The van der Waals surface area contributed by atoms with E-state index >= 15 is 0 Å². The number of amides is 1. The van der Waals surface area contributed by atoms with Gasteiger partial charge in [-0.1, -0.05) is 13.3 Å². The Kier molecular flexibility index (Phi) is 4.50. The molecule has 1 heterocycles. The van der Waals surface area contributed by atoms with Crippen LogP contribution in [-0.2, 0) is 11.2 Å². The summed E-state index contributed by atoms with van der Waals surface area (Å²) in [7, 11) is 0. The van der Waals surface area contributed by atoms with Gasteiger partial charge in [0.15, 0.2) is 0 Å². The molecule has 88 valence electrons. The molecule has 0 spiro atoms. The third kappa shape index (κ3) is 3.72. The van der Waals surface area contributed by atoms with E-state index < -0.39 is 5.97 Å². The van der Waals surface area contributed by atoms with Gasteiger partial charge in [-0.25, -0.2) is 0 Å². The molecular formula is C10H15N3O3. The number of carbonyl (C=O) groups excluding carboxylic acids is 1. The van der Waals surface area contributed by atoms with Gasteiger partial charge in [0.05, 0.1) is 6.42 Å². The Hall–Kier alpha value is -1.85. The van der Waals surface area contributed by atoms with Crippen molar-refractivity contribution in [2.24, 2.45) is 0 Å². The van der Waals surface area contributed by atoms with Crippen LogP contribution in [0.15, 0.2) is 6.07 Å². The minimum Gasteiger partial charge on any atom is -0.481 e. The number of hydrogen-bond acceptors (Lipinski definition) is 3. The molecule has 0 fully saturated rings. The van der Waals surface area contributed by atoms with E-state index in [-0.39, 0.29) is 18.9 Å². The van der Waals surface area contributed by atoms with Gasteiger partial charge < -0.3 is 10.4 Å². The van der Waals surface area contributed by atoms with Crippen LogP contribution in [-0.4, -0.2) is 33.7 Å². The average molecular weight is 225 g/mol. The van der Waals surface area contributed by atoms with Crippen molar-refractivity contribution in [3.05, 3.63) is 17.5 Å². The predicted octanol–water partition coefficient (Wildman–Crippen LogP) is 0.567. The molecule has 1 aromatic rings. The molecule has 0 aliphatic rings. The molecular weight excluding hydrogens is 210 g/mol. The van der Waals surface area contributed by atoms with Gasteiger partial charge in [-0.2, -0.15) is 5.10 Å². The molecule has 1 aromatic heterocycles. The first-order valence-corrected chi connectivity index (χ1v) is 5.17. The summed E-state index contributed by atoms with van der Waals surface area (Å²) in [6, 6.07) is 1.68. The summed E-state index contributed by atoms with van der Waals surface area (Å²) in [5.41, 5.74) is 1.21. The number of carboxylic acid groups (broad SMARTS) is 1. The lowest BCUT2D eigenvalue weighted by Crippen LogP contribution is -2.26. The normalized spacial score (nSPS) is 10.1. The van der Waals surface area contributed by atoms with Gasteiger partial charge in [0.25, 0.3) is 5.91 Å². The number of carboxylic acids is 1. The highest BCUT2D eigenvalue weighted by atomic mass is 16.4. The summed E-state index contributed by atoms with van der Waals surface area (Å²) in [5.74, 6) is -1.28. The fourth-order valence-corrected chi connectivity index (χ4v) is 1.25. The smallest absolute Gasteiger partial charge is 0.305 e. The third-order valence-electron chi connectivity index (χ3n) is 2.01. The summed E-state index contributed by atoms with van der Waals surface area (Å²) < 4.78 is 0. The van der Waals surface area contributed by atoms with Crippen molar-refractivity contribution in [1.82, 2.24) is 15.5 Å². The lowest BCUT2D eigenvalue weighted by molar-refractivity contribution is -0.136. The van der Waals surface area contributed by atoms with Crippen molar-refractivity contribution in [3.8, 4) is 0 Å². The zero-order valence-corrected chi connectivity index (χ0v) is 9.12. The van der Waals surface area contributed by atoms with E-state index in [1.165, 1.54) is 0 Å². The molecule has 16 heavy (non-hydrogen) atoms. The molecule has 0 atom stereocenters. The Morgan fingerprint density at radius 3 is 2.94 bits per heavy atom. The van der Waals surface area contributed by atoms with Gasteiger partial charge >= 0.3 is 5.97 Å². The van der Waals surface area contributed by atoms with Crippen molar-refractivity contribution in [2.45, 2.75) is 26.2 Å². The summed E-state index contributed by atoms with van der Waals surface area (Å²) in [6.45, 7) is 2.15. The van der Waals surface area contributed by atoms with Crippen molar-refractivity contribution in [2.75, 3.05) is 6.54 Å². The van der Waals surface area contributed by atoms with Crippen LogP contribution in [0, 0.1) is 0 Å². The maximum atomic E-state index is 11.5. The molecule has 1 amide bonds. The second-order valence-corrected chi connectivity index (χ2v) is 3.43. The van der Waals surface area contributed by atoms with Crippen molar-refractivity contribution in [3.63, 3.8) is 0 Å². The number of nitrogens with zero attached hydrogens (tertiary/aromatic N) is 1. The zero-order valence-electron chi connectivity index (χ0n) is 9.12. The number of nitrogens with one attached hydrogen (secondary N) is 2. The quantitative estimate of drug-likeness (QED) is 0.659. The van der Waals surface area contributed by atoms with E-state index in [0.29, 0.717) is 5.69 Å². The highest BCUT2D eigenvalue weighted by Gasteiger charge is 2.09. The monoisotopic (exact) mass is 225 g/mol. The number of aryl methyl sites for hydroxylation is 1. The predicted molar refractivity (Wildman–Crippen MR) is 57.2 cm³/mol. The molecule has 0 aliphatic carbocycles. The van der Waals surface area contributed by atoms with Gasteiger partial charge in [0.1, 0.15) is 5.69 Å². The number of H-pyrrole nitrogens is 1. The lowest BCUT2D eigenvalue weighted by atomic mass is 10.2. The van der Waals surface area contributed by atoms with E-state index in [9.17, 15) is 9.59 Å². The highest BCUT2D eigenvalue weighted by Crippen LogP contribution is 2.02. The Morgan fingerprint density at radius 2 is 2.31 bits per heavy atom. The van der Waals surface area contributed by atoms with Crippen molar-refractivity contribution < 1.29 is 14.7 Å². The molecule has 0 saturated carbocycles. The van der Waals surface area contributed by atoms with Crippen molar-refractivity contribution >= 4 is 11.9 Å². The van der Waals surface area contributed by atoms with E-state index in [4.69, 9.17) is 5.11 Å². The van der Waals surface area contributed by atoms with Crippen LogP contribution in [0.5, 0.6) is 0 Å². The first kappa shape index (κ1) is 12.2. The second kappa shape index (κ2) is 5.89. The molecule has 0 aliphatic heterocycles. The van der Waals surface area contributed by atoms with E-state index in [1.807, 2.05) is 6.92 Å². The Bertz CT molecular complexity index is 373. The summed E-state index contributed by atoms with van der Waals surface area (Å²) >= 11 is 0. The van der Waals surface area contributed by atoms with Crippen LogP contribution in [0.1, 0.15) is 35.9 Å². The first-order chi connectivity index (χ1) is 7.63. The second-order valence-electron chi connectivity index (χ2n) is 3.43. The fraction of sp³-hybridized carbons (Fsp3) is 0.500. The summed E-state index contributed by atoms with van der Waals surface area (Å²) in [4.78, 5) is 21.7. The molecule has 0 aromatic carbocycles. The average Bonchev–Trinajstić information content (AvgIpc) is 2.66. The number of aliphatic carboxylic acids is 1. The number of rotatable bonds is 6. The van der Waals surface area contributed by atoms with Crippen LogP contribution in [0.3, 0.4) is 0 Å². The maximum absolute atomic E-state index is 11.5. The van der Waals surface area contributed by atoms with Crippen LogP contribution < -0.4 is 5.32 Å². The van der Waals surface area contributed by atoms with Gasteiger partial charge in [0, 0.05) is 12.2 Å². The topological polar surface area (TPSA) is 95.1 Å². The van der Waals surface area contributed by atoms with Crippen LogP contribution >= 0.6 is 0 Å². The van der Waals surface area contributed by atoms with E-state index in [2.05, 4.69) is 15.5 Å². The largest absolute Gasteiger partial charge is 0.481 e. The Labute approximate surface area is 93.1 Å². The van der Waals surface area contributed by atoms with Crippen molar-refractivity contribution in [1.29, 1.82) is 0 Å². The molecule has 3 N–H and O–H groups in total. The Morgan fingerprint density at radius 1 is 1.56 bits per heavy atom. The minimum atomic E-state index is -0.936. The number of hydrogen-bond donors (Lipinski definition) is 3. The van der Waals surface area contributed by atoms with E-state index in [0.717, 1.165) is 18.5 Å². The van der Waals surface area contributed by atoms with Crippen LogP contribution in [0.4, 0.5) is 0 Å². The summed E-state index contributed by atoms with van der Waals surface area (Å²) in [5, 5.41) is 17.5. The molecule has 0 unspecified atom stereocenters. The molecule has 0 radical (unpaired) electrons. The maximum Gasteiger partial charge on any atom is 0.305 e. The molecule has 1 rings (SSSR count). The van der Waals surface area contributed by atoms with Gasteiger partial charge in [-0.15, -0.1) is 0 Å². The molecule has 0 bridgehead atoms. The highest BCUT2D eigenvalue weighted by molar-refractivity contribution is 5.92. The number of carbonyl (C=O) groups is 2. The van der Waals surface area contributed by atoms with Gasteiger partial charge in [-0.3, -0.25) is 14.7 Å². The standard InChI is InChI=1S/C10H15N3O3/c1-2-3-7-6-8(13-12-7)10(16)11-5-4-9(14)15/h6H,2-5H2,1H3,(H,11,16)(H,12,13)(H,14,15). The summed E-state index contributed by atoms with van der Waals surface area (Å²) in [6.07, 6.45) is 1.73. The minimum absolute atomic E-state index is 0.0853. The van der Waals surface area contributed by atoms with Gasteiger partial charge in [-0.05, 0) is 12.5 Å². The molecule has 6 heteroatoms. The lowest BCUT2D eigenvalue weighted by Gasteiger charge is -1.99. The van der Waals surface area contributed by atoms with Crippen LogP contribution in [0.2, 0.25) is 0 Å². The first-order valence-electron chi connectivity index (χ1n) is 5.17. The zero-order chi connectivity index (χ0) is 12.0. The number of aromatic amines is 1. The number of aromatic nitrogens is 2. The Balaban J connectivity index is 2.43.